The van der Waals surface area contributed by atoms with Crippen LogP contribution in [-0.4, -0.2) is 5.24 Å². The molecule has 0 bridgehead atoms. The molecule has 0 unspecified atom stereocenters. The van der Waals surface area contributed by atoms with Gasteiger partial charge in [0, 0.05) is 5.57 Å². The van der Waals surface area contributed by atoms with E-state index in [0.29, 0.717) is 5.57 Å². The van der Waals surface area contributed by atoms with Gasteiger partial charge >= 0.3 is 0 Å². The molecule has 0 radical (unpaired) electrons. The molecule has 0 fully saturated rings. The van der Waals surface area contributed by atoms with E-state index in [4.69, 9.17) is 11.6 Å². The lowest BCUT2D eigenvalue weighted by molar-refractivity contribution is -0.106. The van der Waals surface area contributed by atoms with Crippen molar-refractivity contribution in [3.8, 4) is 0 Å². The third-order valence-corrected chi connectivity index (χ3v) is 1.79. The van der Waals surface area contributed by atoms with Gasteiger partial charge in [-0.15, -0.1) is 0 Å². The van der Waals surface area contributed by atoms with E-state index in [1.165, 1.54) is 0 Å². The molecule has 0 saturated carbocycles. The minimum absolute atomic E-state index is 0.413. The molecule has 0 aliphatic heterocycles. The van der Waals surface area contributed by atoms with Gasteiger partial charge in [0.25, 0.3) is 5.24 Å². The Hall–Kier alpha value is -1.08. The molecule has 1 aromatic carbocycles. The van der Waals surface area contributed by atoms with Gasteiger partial charge in [-0.3, -0.25) is 4.79 Å². The van der Waals surface area contributed by atoms with Crippen LogP contribution in [0.4, 0.5) is 0 Å². The Kier molecular flexibility index (Phi) is 3.06. The molecule has 0 N–H and O–H groups in total. The van der Waals surface area contributed by atoms with Gasteiger partial charge in [0.15, 0.2) is 0 Å². The average Bonchev–Trinajstić information content (AvgIpc) is 2.07. The molecule has 0 aliphatic rings. The highest BCUT2D eigenvalue weighted by atomic mass is 35.5. The maximum atomic E-state index is 10.9. The first-order valence-corrected chi connectivity index (χ1v) is 4.05. The second kappa shape index (κ2) is 4.07. The maximum absolute atomic E-state index is 10.9. The number of rotatable bonds is 2. The minimum Gasteiger partial charge on any atom is -0.276 e. The van der Waals surface area contributed by atoms with Crippen molar-refractivity contribution in [1.29, 1.82) is 0 Å². The molecule has 0 aromatic heterocycles. The van der Waals surface area contributed by atoms with E-state index in [-0.39, 0.29) is 0 Å². The zero-order valence-corrected chi connectivity index (χ0v) is 7.51. The van der Waals surface area contributed by atoms with Crippen LogP contribution >= 0.6 is 11.6 Å². The summed E-state index contributed by atoms with van der Waals surface area (Å²) in [6, 6.07) is 9.36. The fourth-order valence-electron chi connectivity index (χ4n) is 1.01. The van der Waals surface area contributed by atoms with E-state index >= 15 is 0 Å². The molecule has 0 amide bonds. The highest BCUT2D eigenvalue weighted by molar-refractivity contribution is 6.74. The fraction of sp³-hybridized carbons (Fsp3) is 0.100. The first kappa shape index (κ1) is 9.01. The van der Waals surface area contributed by atoms with Gasteiger partial charge in [-0.1, -0.05) is 36.4 Å². The molecule has 0 spiro atoms. The highest BCUT2D eigenvalue weighted by Crippen LogP contribution is 2.16. The largest absolute Gasteiger partial charge is 0.276 e. The monoisotopic (exact) mass is 180 g/mol. The molecule has 1 nitrogen and oxygen atoms in total. The first-order chi connectivity index (χ1) is 5.75. The van der Waals surface area contributed by atoms with Gasteiger partial charge in [-0.2, -0.15) is 0 Å². The normalized spacial score (nSPS) is 11.3. The van der Waals surface area contributed by atoms with Crippen LogP contribution in [0.1, 0.15) is 12.5 Å². The van der Waals surface area contributed by atoms with E-state index in [1.807, 2.05) is 30.3 Å². The Morgan fingerprint density at radius 3 is 2.33 bits per heavy atom. The lowest BCUT2D eigenvalue weighted by Gasteiger charge is -1.99. The third kappa shape index (κ3) is 1.95. The van der Waals surface area contributed by atoms with E-state index in [1.54, 1.807) is 13.0 Å². The van der Waals surface area contributed by atoms with Crippen LogP contribution < -0.4 is 0 Å². The van der Waals surface area contributed by atoms with Crippen molar-refractivity contribution in [2.75, 3.05) is 0 Å². The van der Waals surface area contributed by atoms with Gasteiger partial charge < -0.3 is 0 Å². The maximum Gasteiger partial charge on any atom is 0.252 e. The Bertz CT molecular complexity index is 301. The molecule has 2 heteroatoms. The number of carbonyl (C=O) groups is 1. The van der Waals surface area contributed by atoms with Crippen molar-refractivity contribution >= 4 is 22.4 Å². The van der Waals surface area contributed by atoms with Gasteiger partial charge in [-0.25, -0.2) is 0 Å². The molecule has 1 aromatic rings. The quantitative estimate of drug-likeness (QED) is 0.505. The Morgan fingerprint density at radius 2 is 1.92 bits per heavy atom. The summed E-state index contributed by atoms with van der Waals surface area (Å²) < 4.78 is 0. The van der Waals surface area contributed by atoms with Crippen LogP contribution in [0, 0.1) is 0 Å². The number of allylic oxidation sites excluding steroid dienone is 2. The molecule has 12 heavy (non-hydrogen) atoms. The van der Waals surface area contributed by atoms with Gasteiger partial charge in [0.1, 0.15) is 0 Å². The van der Waals surface area contributed by atoms with Crippen molar-refractivity contribution < 1.29 is 4.79 Å². The molecule has 0 heterocycles. The summed E-state index contributed by atoms with van der Waals surface area (Å²) in [4.78, 5) is 10.9. The first-order valence-electron chi connectivity index (χ1n) is 3.67. The van der Waals surface area contributed by atoms with Crippen molar-refractivity contribution in [1.82, 2.24) is 0 Å². The van der Waals surface area contributed by atoms with Crippen LogP contribution in [0.5, 0.6) is 0 Å². The lowest BCUT2D eigenvalue weighted by atomic mass is 10.1. The standard InChI is InChI=1S/C10H9ClO/c1-2-9(10(11)12)8-6-4-3-5-7-8/h2-7H,1H3/b9-2-. The van der Waals surface area contributed by atoms with Crippen molar-refractivity contribution in [3.63, 3.8) is 0 Å². The fourth-order valence-corrected chi connectivity index (χ4v) is 1.23. The molecular formula is C10H9ClO. The molecular weight excluding hydrogens is 172 g/mol. The summed E-state index contributed by atoms with van der Waals surface area (Å²) in [5.41, 5.74) is 1.41. The Labute approximate surface area is 76.7 Å². The van der Waals surface area contributed by atoms with E-state index < -0.39 is 5.24 Å². The second-order valence-corrected chi connectivity index (χ2v) is 2.69. The summed E-state index contributed by atoms with van der Waals surface area (Å²) in [6.45, 7) is 1.79. The number of hydrogen-bond donors (Lipinski definition) is 0. The Balaban J connectivity index is 3.05. The zero-order valence-electron chi connectivity index (χ0n) is 6.75. The molecule has 1 rings (SSSR count). The summed E-state index contributed by atoms with van der Waals surface area (Å²) in [6.07, 6.45) is 1.71. The number of benzene rings is 1. The molecule has 0 saturated heterocycles. The van der Waals surface area contributed by atoms with Crippen LogP contribution in [0.3, 0.4) is 0 Å². The van der Waals surface area contributed by atoms with E-state index in [0.717, 1.165) is 5.56 Å². The average molecular weight is 181 g/mol. The molecule has 62 valence electrons. The van der Waals surface area contributed by atoms with Crippen molar-refractivity contribution in [3.05, 3.63) is 42.0 Å². The van der Waals surface area contributed by atoms with Crippen molar-refractivity contribution in [2.45, 2.75) is 6.92 Å². The summed E-state index contributed by atoms with van der Waals surface area (Å²) in [5.74, 6) is 0. The smallest absolute Gasteiger partial charge is 0.252 e. The predicted molar refractivity (Wildman–Crippen MR) is 51.0 cm³/mol. The number of halogens is 1. The molecule has 0 atom stereocenters. The topological polar surface area (TPSA) is 17.1 Å². The Morgan fingerprint density at radius 1 is 1.33 bits per heavy atom. The number of carbonyl (C=O) groups excluding carboxylic acids is 1. The summed E-state index contributed by atoms with van der Waals surface area (Å²) in [5, 5.41) is -0.413. The third-order valence-electron chi connectivity index (χ3n) is 1.59. The number of hydrogen-bond acceptors (Lipinski definition) is 1. The predicted octanol–water partition coefficient (Wildman–Crippen LogP) is 2.86. The van der Waals surface area contributed by atoms with Crippen molar-refractivity contribution in [2.24, 2.45) is 0 Å². The second-order valence-electron chi connectivity index (χ2n) is 2.34. The lowest BCUT2D eigenvalue weighted by Crippen LogP contribution is -1.91. The van der Waals surface area contributed by atoms with Crippen LogP contribution in [-0.2, 0) is 4.79 Å². The summed E-state index contributed by atoms with van der Waals surface area (Å²) >= 11 is 5.37. The van der Waals surface area contributed by atoms with E-state index in [2.05, 4.69) is 0 Å². The zero-order chi connectivity index (χ0) is 8.97. The van der Waals surface area contributed by atoms with E-state index in [9.17, 15) is 4.79 Å². The highest BCUT2D eigenvalue weighted by Gasteiger charge is 2.05. The molecule has 0 aliphatic carbocycles. The van der Waals surface area contributed by atoms with Gasteiger partial charge in [0.2, 0.25) is 0 Å². The van der Waals surface area contributed by atoms with Crippen LogP contribution in [0.2, 0.25) is 0 Å². The van der Waals surface area contributed by atoms with Crippen LogP contribution in [0.15, 0.2) is 36.4 Å². The van der Waals surface area contributed by atoms with Crippen LogP contribution in [0.25, 0.3) is 5.57 Å². The van der Waals surface area contributed by atoms with Gasteiger partial charge in [-0.05, 0) is 24.1 Å². The minimum atomic E-state index is -0.413. The summed E-state index contributed by atoms with van der Waals surface area (Å²) in [7, 11) is 0. The van der Waals surface area contributed by atoms with Gasteiger partial charge in [0.05, 0.1) is 0 Å². The SMILES string of the molecule is C/C=C(\C(=O)Cl)c1ccccc1.